The van der Waals surface area contributed by atoms with Gasteiger partial charge in [0.1, 0.15) is 10.8 Å². The van der Waals surface area contributed by atoms with Crippen molar-refractivity contribution in [3.63, 3.8) is 0 Å². The Hall–Kier alpha value is -1.95. The number of anilines is 1. The lowest BCUT2D eigenvalue weighted by Gasteiger charge is -2.10. The lowest BCUT2D eigenvalue weighted by molar-refractivity contribution is -0.120. The Morgan fingerprint density at radius 3 is 2.68 bits per heavy atom. The van der Waals surface area contributed by atoms with Crippen molar-refractivity contribution in [3.8, 4) is 5.75 Å². The number of benzene rings is 1. The Bertz CT molecular complexity index is 623. The van der Waals surface area contributed by atoms with E-state index in [1.165, 1.54) is 11.3 Å². The zero-order chi connectivity index (χ0) is 15.9. The number of hydrogen-bond acceptors (Lipinski definition) is 5. The molecule has 2 rings (SSSR count). The molecule has 1 aromatic carbocycles. The topological polar surface area (TPSA) is 64.1 Å². The Kier molecular flexibility index (Phi) is 5.89. The molecular formula is C16H21N3O2S. The molecule has 22 heavy (non-hydrogen) atoms. The molecule has 0 aliphatic rings. The van der Waals surface area contributed by atoms with E-state index in [9.17, 15) is 4.79 Å². The molecule has 0 unspecified atom stereocenters. The summed E-state index contributed by atoms with van der Waals surface area (Å²) in [6, 6.07) is 7.83. The van der Waals surface area contributed by atoms with Crippen molar-refractivity contribution in [3.05, 3.63) is 34.8 Å². The highest BCUT2D eigenvalue weighted by Gasteiger charge is 2.16. The van der Waals surface area contributed by atoms with Gasteiger partial charge in [-0.15, -0.1) is 10.2 Å². The second-order valence-corrected chi connectivity index (χ2v) is 6.05. The van der Waals surface area contributed by atoms with Gasteiger partial charge < -0.3 is 10.1 Å². The number of carbonyl (C=O) groups is 1. The molecule has 0 saturated heterocycles. The zero-order valence-corrected chi connectivity index (χ0v) is 13.9. The van der Waals surface area contributed by atoms with Crippen LogP contribution in [0.4, 0.5) is 5.13 Å². The summed E-state index contributed by atoms with van der Waals surface area (Å²) in [7, 11) is 1.65. The Morgan fingerprint density at radius 1 is 1.27 bits per heavy atom. The second kappa shape index (κ2) is 7.89. The van der Waals surface area contributed by atoms with E-state index in [1.54, 1.807) is 7.11 Å². The third-order valence-electron chi connectivity index (χ3n) is 3.59. The first-order chi connectivity index (χ1) is 10.7. The van der Waals surface area contributed by atoms with E-state index in [2.05, 4.69) is 15.5 Å². The first kappa shape index (κ1) is 16.4. The van der Waals surface area contributed by atoms with Gasteiger partial charge in [0.25, 0.3) is 0 Å². The number of para-hydroxylation sites is 1. The predicted molar refractivity (Wildman–Crippen MR) is 88.4 cm³/mol. The summed E-state index contributed by atoms with van der Waals surface area (Å²) in [4.78, 5) is 12.1. The minimum atomic E-state index is 0.0185. The molecule has 0 spiro atoms. The van der Waals surface area contributed by atoms with Gasteiger partial charge in [-0.1, -0.05) is 43.4 Å². The van der Waals surface area contributed by atoms with Crippen molar-refractivity contribution < 1.29 is 9.53 Å². The zero-order valence-electron chi connectivity index (χ0n) is 13.1. The fourth-order valence-corrected chi connectivity index (χ4v) is 3.02. The van der Waals surface area contributed by atoms with Gasteiger partial charge in [-0.05, 0) is 18.9 Å². The number of rotatable bonds is 7. The molecule has 0 bridgehead atoms. The standard InChI is InChI=1S/C16H21N3O2S/c1-4-11(5-2)15(20)17-16-19-18-14(22-16)10-12-8-6-7-9-13(12)21-3/h6-9,11H,4-5,10H2,1-3H3,(H,17,19,20). The minimum absolute atomic E-state index is 0.0185. The van der Waals surface area contributed by atoms with Crippen LogP contribution in [0.3, 0.4) is 0 Å². The van der Waals surface area contributed by atoms with E-state index >= 15 is 0 Å². The van der Waals surface area contributed by atoms with Crippen LogP contribution in [0, 0.1) is 5.92 Å². The number of ether oxygens (including phenoxy) is 1. The molecule has 1 N–H and O–H groups in total. The summed E-state index contributed by atoms with van der Waals surface area (Å²) in [6.07, 6.45) is 2.30. The molecule has 6 heteroatoms. The van der Waals surface area contributed by atoms with Crippen LogP contribution in [0.2, 0.25) is 0 Å². The van der Waals surface area contributed by atoms with E-state index in [1.807, 2.05) is 38.1 Å². The van der Waals surface area contributed by atoms with Gasteiger partial charge in [0.05, 0.1) is 7.11 Å². The lowest BCUT2D eigenvalue weighted by Crippen LogP contribution is -2.21. The third kappa shape index (κ3) is 4.04. The van der Waals surface area contributed by atoms with Crippen LogP contribution >= 0.6 is 11.3 Å². The van der Waals surface area contributed by atoms with Gasteiger partial charge in [-0.2, -0.15) is 0 Å². The van der Waals surface area contributed by atoms with Gasteiger partial charge in [0.15, 0.2) is 0 Å². The smallest absolute Gasteiger partial charge is 0.229 e. The predicted octanol–water partition coefficient (Wildman–Crippen LogP) is 3.51. The van der Waals surface area contributed by atoms with Crippen LogP contribution in [0.5, 0.6) is 5.75 Å². The van der Waals surface area contributed by atoms with Crippen molar-refractivity contribution in [2.75, 3.05) is 12.4 Å². The third-order valence-corrected chi connectivity index (χ3v) is 4.43. The van der Waals surface area contributed by atoms with Gasteiger partial charge in [-0.3, -0.25) is 4.79 Å². The van der Waals surface area contributed by atoms with E-state index in [4.69, 9.17) is 4.74 Å². The maximum Gasteiger partial charge on any atom is 0.229 e. The van der Waals surface area contributed by atoms with E-state index in [0.717, 1.165) is 29.2 Å². The van der Waals surface area contributed by atoms with Crippen LogP contribution in [0.25, 0.3) is 0 Å². The van der Waals surface area contributed by atoms with Crippen molar-refractivity contribution in [2.45, 2.75) is 33.1 Å². The maximum atomic E-state index is 12.1. The highest BCUT2D eigenvalue weighted by atomic mass is 32.1. The fourth-order valence-electron chi connectivity index (χ4n) is 2.25. The second-order valence-electron chi connectivity index (χ2n) is 4.99. The number of nitrogens with zero attached hydrogens (tertiary/aromatic N) is 2. The summed E-state index contributed by atoms with van der Waals surface area (Å²) in [6.45, 7) is 4.03. The fraction of sp³-hybridized carbons (Fsp3) is 0.438. The summed E-state index contributed by atoms with van der Waals surface area (Å²) in [5, 5.41) is 12.5. The molecule has 0 aliphatic carbocycles. The van der Waals surface area contributed by atoms with Gasteiger partial charge >= 0.3 is 0 Å². The highest BCUT2D eigenvalue weighted by Crippen LogP contribution is 2.24. The molecule has 5 nitrogen and oxygen atoms in total. The van der Waals surface area contributed by atoms with Crippen molar-refractivity contribution in [1.29, 1.82) is 0 Å². The summed E-state index contributed by atoms with van der Waals surface area (Å²) >= 11 is 1.40. The normalized spacial score (nSPS) is 10.7. The van der Waals surface area contributed by atoms with Crippen LogP contribution in [-0.4, -0.2) is 23.2 Å². The van der Waals surface area contributed by atoms with Crippen molar-refractivity contribution in [2.24, 2.45) is 5.92 Å². The monoisotopic (exact) mass is 319 g/mol. The van der Waals surface area contributed by atoms with Crippen LogP contribution in [-0.2, 0) is 11.2 Å². The van der Waals surface area contributed by atoms with E-state index in [-0.39, 0.29) is 11.8 Å². The molecule has 1 heterocycles. The van der Waals surface area contributed by atoms with Crippen molar-refractivity contribution >= 4 is 22.4 Å². The SMILES string of the molecule is CCC(CC)C(=O)Nc1nnc(Cc2ccccc2OC)s1. The van der Waals surface area contributed by atoms with Crippen LogP contribution in [0.15, 0.2) is 24.3 Å². The molecule has 118 valence electrons. The number of methoxy groups -OCH3 is 1. The average molecular weight is 319 g/mol. The van der Waals surface area contributed by atoms with Gasteiger partial charge in [0.2, 0.25) is 11.0 Å². The Balaban J connectivity index is 2.04. The van der Waals surface area contributed by atoms with E-state index in [0.29, 0.717) is 11.6 Å². The molecule has 0 radical (unpaired) electrons. The van der Waals surface area contributed by atoms with Crippen molar-refractivity contribution in [1.82, 2.24) is 10.2 Å². The Morgan fingerprint density at radius 2 is 2.00 bits per heavy atom. The molecular weight excluding hydrogens is 298 g/mol. The number of hydrogen-bond donors (Lipinski definition) is 1. The number of aromatic nitrogens is 2. The molecule has 1 aromatic heterocycles. The van der Waals surface area contributed by atoms with E-state index < -0.39 is 0 Å². The lowest BCUT2D eigenvalue weighted by atomic mass is 10.0. The molecule has 1 amide bonds. The van der Waals surface area contributed by atoms with Crippen LogP contribution in [0.1, 0.15) is 37.3 Å². The first-order valence-electron chi connectivity index (χ1n) is 7.43. The highest BCUT2D eigenvalue weighted by molar-refractivity contribution is 7.15. The summed E-state index contributed by atoms with van der Waals surface area (Å²) in [5.41, 5.74) is 1.05. The van der Waals surface area contributed by atoms with Gasteiger partial charge in [-0.25, -0.2) is 0 Å². The molecule has 0 saturated carbocycles. The minimum Gasteiger partial charge on any atom is -0.496 e. The molecule has 0 aliphatic heterocycles. The van der Waals surface area contributed by atoms with Gasteiger partial charge in [0, 0.05) is 17.9 Å². The number of amides is 1. The average Bonchev–Trinajstić information content (AvgIpc) is 2.96. The molecule has 2 aromatic rings. The summed E-state index contributed by atoms with van der Waals surface area (Å²) < 4.78 is 5.34. The summed E-state index contributed by atoms with van der Waals surface area (Å²) in [5.74, 6) is 0.881. The molecule has 0 atom stereocenters. The number of carbonyl (C=O) groups excluding carboxylic acids is 1. The Labute approximate surface area is 134 Å². The largest absolute Gasteiger partial charge is 0.496 e. The first-order valence-corrected chi connectivity index (χ1v) is 8.24. The number of nitrogens with one attached hydrogen (secondary N) is 1. The maximum absolute atomic E-state index is 12.1. The quantitative estimate of drug-likeness (QED) is 0.848. The van der Waals surface area contributed by atoms with Crippen LogP contribution < -0.4 is 10.1 Å². The molecule has 0 fully saturated rings.